The average molecular weight is 273 g/mol. The number of carbonyl (C=O) groups excluding carboxylic acids is 1. The van der Waals surface area contributed by atoms with Crippen LogP contribution in [0.15, 0.2) is 30.5 Å². The number of hydrogen-bond acceptors (Lipinski definition) is 5. The van der Waals surface area contributed by atoms with Crippen LogP contribution in [0.1, 0.15) is 17.4 Å². The van der Waals surface area contributed by atoms with Crippen LogP contribution in [-0.4, -0.2) is 27.5 Å². The zero-order chi connectivity index (χ0) is 13.2. The first kappa shape index (κ1) is 11.9. The molecule has 0 bridgehead atoms. The molecule has 0 atom stereocenters. The highest BCUT2D eigenvalue weighted by atomic mass is 32.1. The van der Waals surface area contributed by atoms with E-state index in [9.17, 15) is 4.79 Å². The molecule has 96 valence electrons. The van der Waals surface area contributed by atoms with Gasteiger partial charge in [0.15, 0.2) is 0 Å². The van der Waals surface area contributed by atoms with Gasteiger partial charge in [-0.25, -0.2) is 9.78 Å². The standard InChI is InChI=1S/C13H11N3O2S/c1-2-18-13(17)9-7-10-11(15-9)16-12(19-10)8-5-3-4-6-14-8/h3-7,15H,2H2,1H3. The van der Waals surface area contributed by atoms with E-state index >= 15 is 0 Å². The molecule has 3 aromatic rings. The summed E-state index contributed by atoms with van der Waals surface area (Å²) >= 11 is 1.49. The fraction of sp³-hybridized carbons (Fsp3) is 0.154. The molecule has 0 saturated heterocycles. The molecule has 0 aliphatic heterocycles. The molecule has 0 spiro atoms. The summed E-state index contributed by atoms with van der Waals surface area (Å²) in [5.74, 6) is -0.355. The normalized spacial score (nSPS) is 10.8. The molecule has 1 N–H and O–H groups in total. The Morgan fingerprint density at radius 2 is 2.37 bits per heavy atom. The van der Waals surface area contributed by atoms with E-state index in [4.69, 9.17) is 4.74 Å². The van der Waals surface area contributed by atoms with Gasteiger partial charge in [0.2, 0.25) is 0 Å². The van der Waals surface area contributed by atoms with Crippen molar-refractivity contribution in [3.63, 3.8) is 0 Å². The van der Waals surface area contributed by atoms with Crippen LogP contribution in [0.5, 0.6) is 0 Å². The summed E-state index contributed by atoms with van der Waals surface area (Å²) in [7, 11) is 0. The van der Waals surface area contributed by atoms with Crippen LogP contribution in [0.4, 0.5) is 0 Å². The van der Waals surface area contributed by atoms with E-state index in [2.05, 4.69) is 15.0 Å². The van der Waals surface area contributed by atoms with Crippen LogP contribution in [0.25, 0.3) is 21.0 Å². The highest BCUT2D eigenvalue weighted by Gasteiger charge is 2.14. The largest absolute Gasteiger partial charge is 0.461 e. The molecule has 3 rings (SSSR count). The van der Waals surface area contributed by atoms with Crippen molar-refractivity contribution in [3.05, 3.63) is 36.2 Å². The van der Waals surface area contributed by atoms with E-state index in [1.807, 2.05) is 18.2 Å². The second-order valence-electron chi connectivity index (χ2n) is 3.85. The maximum absolute atomic E-state index is 11.6. The fourth-order valence-electron chi connectivity index (χ4n) is 1.73. The number of nitrogens with zero attached hydrogens (tertiary/aromatic N) is 2. The number of aromatic nitrogens is 3. The molecule has 0 saturated carbocycles. The molecule has 6 heteroatoms. The molecule has 0 fully saturated rings. The zero-order valence-corrected chi connectivity index (χ0v) is 11.0. The Bertz CT molecular complexity index is 686. The lowest BCUT2D eigenvalue weighted by atomic mass is 10.4. The van der Waals surface area contributed by atoms with Crippen molar-refractivity contribution in [1.82, 2.24) is 15.0 Å². The van der Waals surface area contributed by atoms with Crippen LogP contribution < -0.4 is 0 Å². The quantitative estimate of drug-likeness (QED) is 0.745. The minimum atomic E-state index is -0.355. The smallest absolute Gasteiger partial charge is 0.354 e. The molecule has 0 aliphatic carbocycles. The van der Waals surface area contributed by atoms with Gasteiger partial charge in [-0.05, 0) is 25.1 Å². The lowest BCUT2D eigenvalue weighted by Crippen LogP contribution is -2.04. The Labute approximate surface area is 113 Å². The molecule has 0 radical (unpaired) electrons. The van der Waals surface area contributed by atoms with Gasteiger partial charge >= 0.3 is 5.97 Å². The average Bonchev–Trinajstić information content (AvgIpc) is 2.98. The minimum Gasteiger partial charge on any atom is -0.461 e. The second-order valence-corrected chi connectivity index (χ2v) is 4.88. The van der Waals surface area contributed by atoms with Crippen molar-refractivity contribution in [3.8, 4) is 10.7 Å². The number of nitrogens with one attached hydrogen (secondary N) is 1. The van der Waals surface area contributed by atoms with Gasteiger partial charge in [-0.15, -0.1) is 11.3 Å². The summed E-state index contributed by atoms with van der Waals surface area (Å²) in [6.45, 7) is 2.14. The summed E-state index contributed by atoms with van der Waals surface area (Å²) < 4.78 is 5.86. The first-order valence-corrected chi connectivity index (χ1v) is 6.67. The summed E-state index contributed by atoms with van der Waals surface area (Å²) in [6.07, 6.45) is 1.73. The van der Waals surface area contributed by atoms with E-state index in [-0.39, 0.29) is 5.97 Å². The number of rotatable bonds is 3. The number of thiazole rings is 1. The van der Waals surface area contributed by atoms with Crippen LogP contribution in [0.3, 0.4) is 0 Å². The van der Waals surface area contributed by atoms with Gasteiger partial charge in [-0.1, -0.05) is 6.07 Å². The molecular formula is C13H11N3O2S. The Kier molecular flexibility index (Phi) is 3.00. The molecule has 0 aromatic carbocycles. The molecule has 3 aromatic heterocycles. The van der Waals surface area contributed by atoms with Gasteiger partial charge < -0.3 is 9.72 Å². The van der Waals surface area contributed by atoms with Gasteiger partial charge in [0.1, 0.15) is 16.3 Å². The van der Waals surface area contributed by atoms with Gasteiger partial charge in [0, 0.05) is 6.20 Å². The topological polar surface area (TPSA) is 67.9 Å². The van der Waals surface area contributed by atoms with Crippen LogP contribution in [0.2, 0.25) is 0 Å². The fourth-order valence-corrected chi connectivity index (χ4v) is 2.67. The monoisotopic (exact) mass is 273 g/mol. The van der Waals surface area contributed by atoms with Gasteiger partial charge in [0.05, 0.1) is 17.0 Å². The van der Waals surface area contributed by atoms with Crippen LogP contribution >= 0.6 is 11.3 Å². The molecule has 19 heavy (non-hydrogen) atoms. The Morgan fingerprint density at radius 1 is 1.47 bits per heavy atom. The lowest BCUT2D eigenvalue weighted by Gasteiger charge is -1.97. The zero-order valence-electron chi connectivity index (χ0n) is 10.2. The molecule has 3 heterocycles. The van der Waals surface area contributed by atoms with Crippen molar-refractivity contribution < 1.29 is 9.53 Å². The van der Waals surface area contributed by atoms with E-state index in [0.717, 1.165) is 15.4 Å². The van der Waals surface area contributed by atoms with E-state index in [0.29, 0.717) is 17.9 Å². The van der Waals surface area contributed by atoms with Crippen molar-refractivity contribution in [2.75, 3.05) is 6.61 Å². The van der Waals surface area contributed by atoms with Crippen molar-refractivity contribution in [2.45, 2.75) is 6.92 Å². The summed E-state index contributed by atoms with van der Waals surface area (Å²) in [4.78, 5) is 23.2. The van der Waals surface area contributed by atoms with E-state index < -0.39 is 0 Å². The predicted octanol–water partition coefficient (Wildman–Crippen LogP) is 2.86. The Hall–Kier alpha value is -2.21. The summed E-state index contributed by atoms with van der Waals surface area (Å²) in [5, 5.41) is 0.831. The number of hydrogen-bond donors (Lipinski definition) is 1. The number of carbonyl (C=O) groups is 1. The second kappa shape index (κ2) is 4.81. The van der Waals surface area contributed by atoms with E-state index in [1.165, 1.54) is 11.3 Å². The van der Waals surface area contributed by atoms with Gasteiger partial charge in [-0.2, -0.15) is 0 Å². The van der Waals surface area contributed by atoms with Crippen LogP contribution in [0, 0.1) is 0 Å². The maximum Gasteiger partial charge on any atom is 0.354 e. The highest BCUT2D eigenvalue weighted by Crippen LogP contribution is 2.29. The number of H-pyrrole nitrogens is 1. The highest BCUT2D eigenvalue weighted by molar-refractivity contribution is 7.21. The predicted molar refractivity (Wildman–Crippen MR) is 73.2 cm³/mol. The minimum absolute atomic E-state index is 0.355. The number of pyridine rings is 1. The number of fused-ring (bicyclic) bond motifs is 1. The van der Waals surface area contributed by atoms with Crippen molar-refractivity contribution in [2.24, 2.45) is 0 Å². The third-order valence-corrected chi connectivity index (χ3v) is 3.59. The third kappa shape index (κ3) is 2.22. The Morgan fingerprint density at radius 3 is 3.05 bits per heavy atom. The first-order valence-electron chi connectivity index (χ1n) is 5.86. The SMILES string of the molecule is CCOC(=O)c1cc2sc(-c3ccccn3)nc2[nH]1. The third-order valence-electron chi connectivity index (χ3n) is 2.56. The van der Waals surface area contributed by atoms with E-state index in [1.54, 1.807) is 19.2 Å². The Balaban J connectivity index is 1.96. The van der Waals surface area contributed by atoms with Crippen LogP contribution in [-0.2, 0) is 4.74 Å². The lowest BCUT2D eigenvalue weighted by molar-refractivity contribution is 0.0520. The van der Waals surface area contributed by atoms with Crippen molar-refractivity contribution in [1.29, 1.82) is 0 Å². The summed E-state index contributed by atoms with van der Waals surface area (Å²) in [6, 6.07) is 7.45. The molecule has 0 unspecified atom stereocenters. The summed E-state index contributed by atoms with van der Waals surface area (Å²) in [5.41, 5.74) is 1.95. The number of ether oxygens (including phenoxy) is 1. The number of esters is 1. The van der Waals surface area contributed by atoms with Crippen molar-refractivity contribution >= 4 is 27.7 Å². The van der Waals surface area contributed by atoms with Gasteiger partial charge in [-0.3, -0.25) is 4.98 Å². The number of aromatic amines is 1. The van der Waals surface area contributed by atoms with Gasteiger partial charge in [0.25, 0.3) is 0 Å². The first-order chi connectivity index (χ1) is 9.28. The molecule has 0 aliphatic rings. The molecule has 0 amide bonds. The maximum atomic E-state index is 11.6. The molecular weight excluding hydrogens is 262 g/mol. The molecule has 5 nitrogen and oxygen atoms in total.